The number of fused-ring (bicyclic) bond motifs is 1. The van der Waals surface area contributed by atoms with E-state index in [0.29, 0.717) is 18.4 Å². The van der Waals surface area contributed by atoms with E-state index in [2.05, 4.69) is 27.6 Å². The summed E-state index contributed by atoms with van der Waals surface area (Å²) in [5.74, 6) is 1.98. The van der Waals surface area contributed by atoms with Gasteiger partial charge in [0.15, 0.2) is 11.0 Å². The molecular formula is C22H26N4O2S. The first-order valence-electron chi connectivity index (χ1n) is 10.1. The number of nitrogens with one attached hydrogen (secondary N) is 1. The molecule has 3 aromatic rings. The lowest BCUT2D eigenvalue weighted by molar-refractivity contribution is -0.119. The Morgan fingerprint density at radius 1 is 1.14 bits per heavy atom. The van der Waals surface area contributed by atoms with Crippen LogP contribution in [0.4, 0.5) is 0 Å². The molecule has 0 saturated heterocycles. The van der Waals surface area contributed by atoms with E-state index in [1.807, 2.05) is 41.9 Å². The van der Waals surface area contributed by atoms with Crippen LogP contribution >= 0.6 is 11.8 Å². The van der Waals surface area contributed by atoms with Crippen LogP contribution in [0.2, 0.25) is 0 Å². The van der Waals surface area contributed by atoms with E-state index in [4.69, 9.17) is 4.74 Å². The number of hydrogen-bond acceptors (Lipinski definition) is 5. The lowest BCUT2D eigenvalue weighted by Crippen LogP contribution is -2.37. The monoisotopic (exact) mass is 410 g/mol. The minimum absolute atomic E-state index is 0.0680. The van der Waals surface area contributed by atoms with Crippen LogP contribution in [0, 0.1) is 0 Å². The fourth-order valence-corrected chi connectivity index (χ4v) is 4.45. The van der Waals surface area contributed by atoms with Crippen molar-refractivity contribution in [3.8, 4) is 5.75 Å². The van der Waals surface area contributed by atoms with Gasteiger partial charge in [-0.15, -0.1) is 10.2 Å². The molecule has 152 valence electrons. The SMILES string of the molecule is Cn1c(COc2cccc3ccccc23)nnc1SCC(=O)NC1CCCCC1. The van der Waals surface area contributed by atoms with Gasteiger partial charge in [0, 0.05) is 18.5 Å². The number of hydrogen-bond donors (Lipinski definition) is 1. The van der Waals surface area contributed by atoms with Gasteiger partial charge < -0.3 is 14.6 Å². The quantitative estimate of drug-likeness (QED) is 0.594. The van der Waals surface area contributed by atoms with Crippen molar-refractivity contribution in [3.63, 3.8) is 0 Å². The van der Waals surface area contributed by atoms with Crippen molar-refractivity contribution in [2.24, 2.45) is 7.05 Å². The summed E-state index contributed by atoms with van der Waals surface area (Å²) in [4.78, 5) is 12.2. The molecule has 4 rings (SSSR count). The third-order valence-corrected chi connectivity index (χ3v) is 6.35. The average Bonchev–Trinajstić information content (AvgIpc) is 3.11. The molecule has 0 radical (unpaired) electrons. The number of carbonyl (C=O) groups excluding carboxylic acids is 1. The van der Waals surface area contributed by atoms with Crippen molar-refractivity contribution < 1.29 is 9.53 Å². The molecule has 1 aliphatic rings. The summed E-state index contributed by atoms with van der Waals surface area (Å²) in [5.41, 5.74) is 0. The molecular weight excluding hydrogens is 384 g/mol. The first kappa shape index (κ1) is 19.8. The van der Waals surface area contributed by atoms with Gasteiger partial charge in [-0.2, -0.15) is 0 Å². The first-order chi connectivity index (χ1) is 14.2. The van der Waals surface area contributed by atoms with Crippen LogP contribution in [0.3, 0.4) is 0 Å². The topological polar surface area (TPSA) is 69.0 Å². The molecule has 1 N–H and O–H groups in total. The van der Waals surface area contributed by atoms with Crippen molar-refractivity contribution in [3.05, 3.63) is 48.3 Å². The molecule has 1 aromatic heterocycles. The summed E-state index contributed by atoms with van der Waals surface area (Å²) >= 11 is 1.41. The number of carbonyl (C=O) groups is 1. The maximum absolute atomic E-state index is 12.2. The van der Waals surface area contributed by atoms with Crippen LogP contribution in [0.25, 0.3) is 10.8 Å². The van der Waals surface area contributed by atoms with Gasteiger partial charge in [-0.05, 0) is 24.3 Å². The third kappa shape index (κ3) is 4.90. The third-order valence-electron chi connectivity index (χ3n) is 5.33. The Morgan fingerprint density at radius 3 is 2.79 bits per heavy atom. The van der Waals surface area contributed by atoms with Crippen molar-refractivity contribution in [1.82, 2.24) is 20.1 Å². The number of amides is 1. The summed E-state index contributed by atoms with van der Waals surface area (Å²) < 4.78 is 7.91. The Balaban J connectivity index is 1.33. The largest absolute Gasteiger partial charge is 0.485 e. The summed E-state index contributed by atoms with van der Waals surface area (Å²) in [6, 6.07) is 14.5. The van der Waals surface area contributed by atoms with E-state index in [0.717, 1.165) is 40.3 Å². The molecule has 1 heterocycles. The highest BCUT2D eigenvalue weighted by Crippen LogP contribution is 2.26. The van der Waals surface area contributed by atoms with E-state index < -0.39 is 0 Å². The van der Waals surface area contributed by atoms with Gasteiger partial charge in [0.1, 0.15) is 12.4 Å². The van der Waals surface area contributed by atoms with Crippen LogP contribution in [0.5, 0.6) is 5.75 Å². The summed E-state index contributed by atoms with van der Waals surface area (Å²) in [5, 5.41) is 14.5. The molecule has 2 aromatic carbocycles. The van der Waals surface area contributed by atoms with Crippen LogP contribution in [0.15, 0.2) is 47.6 Å². The molecule has 1 amide bonds. The number of ether oxygens (including phenoxy) is 1. The number of thioether (sulfide) groups is 1. The van der Waals surface area contributed by atoms with Crippen LogP contribution < -0.4 is 10.1 Å². The van der Waals surface area contributed by atoms with Gasteiger partial charge in [0.2, 0.25) is 5.91 Å². The Hall–Kier alpha value is -2.54. The van der Waals surface area contributed by atoms with E-state index in [1.165, 1.54) is 31.0 Å². The van der Waals surface area contributed by atoms with E-state index in [9.17, 15) is 4.79 Å². The Bertz CT molecular complexity index is 977. The second-order valence-electron chi connectivity index (χ2n) is 7.41. The van der Waals surface area contributed by atoms with Gasteiger partial charge in [0.25, 0.3) is 0 Å². The van der Waals surface area contributed by atoms with Crippen LogP contribution in [0.1, 0.15) is 37.9 Å². The highest BCUT2D eigenvalue weighted by Gasteiger charge is 2.17. The zero-order valence-electron chi connectivity index (χ0n) is 16.6. The lowest BCUT2D eigenvalue weighted by atomic mass is 9.95. The summed E-state index contributed by atoms with van der Waals surface area (Å²) in [6.45, 7) is 0.326. The number of benzene rings is 2. The molecule has 7 heteroatoms. The highest BCUT2D eigenvalue weighted by molar-refractivity contribution is 7.99. The van der Waals surface area contributed by atoms with Crippen LogP contribution in [-0.2, 0) is 18.4 Å². The van der Waals surface area contributed by atoms with Gasteiger partial charge in [-0.1, -0.05) is 67.4 Å². The molecule has 1 saturated carbocycles. The van der Waals surface area contributed by atoms with Gasteiger partial charge in [0.05, 0.1) is 5.75 Å². The second kappa shape index (κ2) is 9.31. The second-order valence-corrected chi connectivity index (χ2v) is 8.36. The Kier molecular flexibility index (Phi) is 6.34. The average molecular weight is 411 g/mol. The molecule has 29 heavy (non-hydrogen) atoms. The number of aromatic nitrogens is 3. The fraction of sp³-hybridized carbons (Fsp3) is 0.409. The molecule has 0 atom stereocenters. The van der Waals surface area contributed by atoms with E-state index >= 15 is 0 Å². The first-order valence-corrected chi connectivity index (χ1v) is 11.1. The zero-order chi connectivity index (χ0) is 20.1. The minimum Gasteiger partial charge on any atom is -0.485 e. The van der Waals surface area contributed by atoms with Crippen molar-refractivity contribution in [1.29, 1.82) is 0 Å². The maximum atomic E-state index is 12.2. The fourth-order valence-electron chi connectivity index (χ4n) is 3.71. The van der Waals surface area contributed by atoms with Gasteiger partial charge in [-0.25, -0.2) is 0 Å². The van der Waals surface area contributed by atoms with Crippen LogP contribution in [-0.4, -0.2) is 32.5 Å². The van der Waals surface area contributed by atoms with Crippen molar-refractivity contribution in [2.75, 3.05) is 5.75 Å². The molecule has 1 aliphatic carbocycles. The zero-order valence-corrected chi connectivity index (χ0v) is 17.5. The molecule has 1 fully saturated rings. The van der Waals surface area contributed by atoms with E-state index in [1.54, 1.807) is 0 Å². The van der Waals surface area contributed by atoms with Gasteiger partial charge >= 0.3 is 0 Å². The summed E-state index contributed by atoms with van der Waals surface area (Å²) in [7, 11) is 1.91. The molecule has 0 aliphatic heterocycles. The standard InChI is InChI=1S/C22H26N4O2S/c1-26-20(14-28-19-13-7-9-16-8-5-6-12-18(16)19)24-25-22(26)29-15-21(27)23-17-10-3-2-4-11-17/h5-9,12-13,17H,2-4,10-11,14-15H2,1H3,(H,23,27). The lowest BCUT2D eigenvalue weighted by Gasteiger charge is -2.22. The Labute approximate surface area is 175 Å². The number of nitrogens with zero attached hydrogens (tertiary/aromatic N) is 3. The Morgan fingerprint density at radius 2 is 1.93 bits per heavy atom. The van der Waals surface area contributed by atoms with Crippen molar-refractivity contribution >= 4 is 28.4 Å². The normalized spacial score (nSPS) is 14.8. The van der Waals surface area contributed by atoms with E-state index in [-0.39, 0.29) is 5.91 Å². The minimum atomic E-state index is 0.0680. The van der Waals surface area contributed by atoms with Crippen molar-refractivity contribution in [2.45, 2.75) is 49.9 Å². The number of rotatable bonds is 7. The maximum Gasteiger partial charge on any atom is 0.230 e. The predicted octanol–water partition coefficient (Wildman–Crippen LogP) is 4.09. The molecule has 0 bridgehead atoms. The highest BCUT2D eigenvalue weighted by atomic mass is 32.2. The molecule has 0 unspecified atom stereocenters. The predicted molar refractivity (Wildman–Crippen MR) is 115 cm³/mol. The molecule has 6 nitrogen and oxygen atoms in total. The molecule has 0 spiro atoms. The smallest absolute Gasteiger partial charge is 0.230 e. The van der Waals surface area contributed by atoms with Gasteiger partial charge in [-0.3, -0.25) is 4.79 Å². The summed E-state index contributed by atoms with van der Waals surface area (Å²) in [6.07, 6.45) is 5.89.